The van der Waals surface area contributed by atoms with Crippen molar-refractivity contribution in [2.24, 2.45) is 0 Å². The summed E-state index contributed by atoms with van der Waals surface area (Å²) in [5.74, 6) is -0.782. The van der Waals surface area contributed by atoms with Gasteiger partial charge in [-0.2, -0.15) is 0 Å². The second kappa shape index (κ2) is 11.5. The summed E-state index contributed by atoms with van der Waals surface area (Å²) in [6, 6.07) is 12.5. The van der Waals surface area contributed by atoms with Crippen LogP contribution in [0, 0.1) is 5.82 Å². The van der Waals surface area contributed by atoms with Gasteiger partial charge in [-0.25, -0.2) is 9.18 Å². The lowest BCUT2D eigenvalue weighted by molar-refractivity contribution is -0.115. The molecule has 2 N–H and O–H groups in total. The minimum atomic E-state index is -0.535. The van der Waals surface area contributed by atoms with E-state index in [-0.39, 0.29) is 22.9 Å². The number of hydrogen-bond donors (Lipinski definition) is 2. The monoisotopic (exact) mass is 571 g/mol. The molecule has 3 fully saturated rings. The molecule has 39 heavy (non-hydrogen) atoms. The minimum Gasteiger partial charge on any atom is -0.474 e. The lowest BCUT2D eigenvalue weighted by Crippen LogP contribution is -2.46. The van der Waals surface area contributed by atoms with Gasteiger partial charge in [-0.1, -0.05) is 12.1 Å². The van der Waals surface area contributed by atoms with Crippen LogP contribution < -0.4 is 25.3 Å². The van der Waals surface area contributed by atoms with Crippen molar-refractivity contribution in [3.63, 3.8) is 0 Å². The predicted molar refractivity (Wildman–Crippen MR) is 152 cm³/mol. The van der Waals surface area contributed by atoms with Gasteiger partial charge in [0.1, 0.15) is 11.9 Å². The smallest absolute Gasteiger partial charge is 0.414 e. The molecule has 0 bridgehead atoms. The molecular weight excluding hydrogens is 545 g/mol. The molecule has 3 aliphatic heterocycles. The SMILES string of the molecule is COC(=S)NC[C@H]1CN(c2ccc(N3CCN(c4ccc(C=C5SC(=O)NC5=O)cc4)CC3)c(F)c2)C(=O)O1. The van der Waals surface area contributed by atoms with E-state index >= 15 is 4.39 Å². The van der Waals surface area contributed by atoms with Crippen LogP contribution in [0.5, 0.6) is 0 Å². The van der Waals surface area contributed by atoms with Crippen LogP contribution in [0.3, 0.4) is 0 Å². The molecule has 3 aliphatic rings. The van der Waals surface area contributed by atoms with Crippen LogP contribution in [0.1, 0.15) is 5.56 Å². The van der Waals surface area contributed by atoms with Crippen molar-refractivity contribution < 1.29 is 28.2 Å². The summed E-state index contributed by atoms with van der Waals surface area (Å²) >= 11 is 5.83. The van der Waals surface area contributed by atoms with Crippen molar-refractivity contribution in [1.29, 1.82) is 0 Å². The number of carbonyl (C=O) groups is 3. The number of benzene rings is 2. The van der Waals surface area contributed by atoms with Gasteiger partial charge in [0.05, 0.1) is 36.5 Å². The first-order valence-electron chi connectivity index (χ1n) is 12.2. The molecule has 3 heterocycles. The quantitative estimate of drug-likeness (QED) is 0.397. The molecule has 0 saturated carbocycles. The number of halogens is 1. The summed E-state index contributed by atoms with van der Waals surface area (Å²) in [7, 11) is 1.45. The average molecular weight is 572 g/mol. The number of imide groups is 1. The van der Waals surface area contributed by atoms with Crippen LogP contribution in [0.25, 0.3) is 6.08 Å². The molecule has 0 aliphatic carbocycles. The number of piperazine rings is 1. The first kappa shape index (κ1) is 26.8. The number of cyclic esters (lactones) is 1. The Morgan fingerprint density at radius 3 is 2.46 bits per heavy atom. The first-order valence-corrected chi connectivity index (χ1v) is 13.5. The number of methoxy groups -OCH3 is 1. The Morgan fingerprint density at radius 1 is 1.13 bits per heavy atom. The number of carbonyl (C=O) groups excluding carboxylic acids is 3. The molecule has 3 saturated heterocycles. The van der Waals surface area contributed by atoms with E-state index in [9.17, 15) is 14.4 Å². The normalized spacial score (nSPS) is 20.4. The molecule has 0 radical (unpaired) electrons. The van der Waals surface area contributed by atoms with Gasteiger partial charge in [-0.3, -0.25) is 19.8 Å². The topological polar surface area (TPSA) is 103 Å². The third kappa shape index (κ3) is 6.09. The van der Waals surface area contributed by atoms with E-state index in [1.165, 1.54) is 18.1 Å². The summed E-state index contributed by atoms with van der Waals surface area (Å²) < 4.78 is 25.4. The lowest BCUT2D eigenvalue weighted by atomic mass is 10.1. The number of amides is 3. The molecule has 5 rings (SSSR count). The second-order valence-electron chi connectivity index (χ2n) is 9.04. The average Bonchev–Trinajstić information content (AvgIpc) is 3.47. The maximum atomic E-state index is 15.2. The summed E-state index contributed by atoms with van der Waals surface area (Å²) in [6.07, 6.45) is 0.721. The van der Waals surface area contributed by atoms with Gasteiger partial charge in [-0.15, -0.1) is 0 Å². The number of anilines is 3. The fourth-order valence-electron chi connectivity index (χ4n) is 4.59. The zero-order chi connectivity index (χ0) is 27.5. The van der Waals surface area contributed by atoms with Crippen LogP contribution in [0.4, 0.5) is 31.0 Å². The van der Waals surface area contributed by atoms with Crippen molar-refractivity contribution in [3.05, 3.63) is 58.8 Å². The third-order valence-electron chi connectivity index (χ3n) is 6.59. The number of hydrogen-bond acceptors (Lipinski definition) is 9. The number of ether oxygens (including phenoxy) is 2. The Kier molecular flexibility index (Phi) is 7.89. The molecule has 2 aromatic carbocycles. The van der Waals surface area contributed by atoms with E-state index in [4.69, 9.17) is 21.7 Å². The zero-order valence-corrected chi connectivity index (χ0v) is 22.6. The minimum absolute atomic E-state index is 0.210. The van der Waals surface area contributed by atoms with Crippen LogP contribution in [-0.4, -0.2) is 74.9 Å². The zero-order valence-electron chi connectivity index (χ0n) is 21.0. The van der Waals surface area contributed by atoms with E-state index in [2.05, 4.69) is 15.5 Å². The van der Waals surface area contributed by atoms with E-state index in [0.717, 1.165) is 23.0 Å². The molecule has 0 unspecified atom stereocenters. The van der Waals surface area contributed by atoms with Crippen LogP contribution in [-0.2, 0) is 14.3 Å². The number of rotatable bonds is 6. The highest BCUT2D eigenvalue weighted by Crippen LogP contribution is 2.30. The summed E-state index contributed by atoms with van der Waals surface area (Å²) in [6.45, 7) is 3.22. The Balaban J connectivity index is 1.17. The standard InChI is InChI=1S/C26H26FN5O5S2/c1-36-25(38)28-14-19-15-32(26(35)37-19)18-6-7-21(20(27)13-18)31-10-8-30(9-11-31)17-4-2-16(3-5-17)12-22-23(33)29-24(34)39-22/h2-7,12-13,19H,8-11,14-15H2,1H3,(H,28,38)(H,29,33,34)/t19-/m0/s1. The second-order valence-corrected chi connectivity index (χ2v) is 10.4. The van der Waals surface area contributed by atoms with Crippen molar-refractivity contribution in [2.75, 3.05) is 61.1 Å². The molecule has 204 valence electrons. The fourth-order valence-corrected chi connectivity index (χ4v) is 5.35. The maximum Gasteiger partial charge on any atom is 0.414 e. The van der Waals surface area contributed by atoms with Crippen molar-refractivity contribution >= 4 is 69.5 Å². The molecule has 10 nitrogen and oxygen atoms in total. The van der Waals surface area contributed by atoms with E-state index in [1.54, 1.807) is 18.2 Å². The molecule has 2 aromatic rings. The highest BCUT2D eigenvalue weighted by Gasteiger charge is 2.33. The Labute approximate surface area is 234 Å². The van der Waals surface area contributed by atoms with Crippen LogP contribution >= 0.6 is 24.0 Å². The predicted octanol–water partition coefficient (Wildman–Crippen LogP) is 3.32. The number of nitrogens with one attached hydrogen (secondary N) is 2. The van der Waals surface area contributed by atoms with Gasteiger partial charge in [0, 0.05) is 31.9 Å². The highest BCUT2D eigenvalue weighted by atomic mass is 32.2. The molecule has 3 amide bonds. The Morgan fingerprint density at radius 2 is 1.82 bits per heavy atom. The first-order chi connectivity index (χ1) is 18.8. The molecule has 0 spiro atoms. The molecular formula is C26H26FN5O5S2. The lowest BCUT2D eigenvalue weighted by Gasteiger charge is -2.37. The number of nitrogens with zero attached hydrogens (tertiary/aromatic N) is 3. The number of thiocarbonyl (C=S) groups is 1. The van der Waals surface area contributed by atoms with Crippen molar-refractivity contribution in [3.8, 4) is 0 Å². The van der Waals surface area contributed by atoms with Gasteiger partial charge in [0.25, 0.3) is 16.3 Å². The van der Waals surface area contributed by atoms with Crippen molar-refractivity contribution in [2.45, 2.75) is 6.10 Å². The van der Waals surface area contributed by atoms with Gasteiger partial charge >= 0.3 is 6.09 Å². The molecule has 1 atom stereocenters. The van der Waals surface area contributed by atoms with E-state index in [1.807, 2.05) is 29.2 Å². The molecule has 13 heteroatoms. The van der Waals surface area contributed by atoms with Gasteiger partial charge in [-0.05, 0) is 66.0 Å². The van der Waals surface area contributed by atoms with Crippen molar-refractivity contribution in [1.82, 2.24) is 10.6 Å². The van der Waals surface area contributed by atoms with Gasteiger partial charge in [0.2, 0.25) is 0 Å². The van der Waals surface area contributed by atoms with E-state index in [0.29, 0.717) is 49.0 Å². The molecule has 0 aromatic heterocycles. The third-order valence-corrected chi connectivity index (χ3v) is 7.72. The summed E-state index contributed by atoms with van der Waals surface area (Å²) in [5, 5.41) is 4.95. The largest absolute Gasteiger partial charge is 0.474 e. The van der Waals surface area contributed by atoms with Crippen LogP contribution in [0.2, 0.25) is 0 Å². The summed E-state index contributed by atoms with van der Waals surface area (Å²) in [4.78, 5) is 41.4. The van der Waals surface area contributed by atoms with Crippen LogP contribution in [0.15, 0.2) is 47.4 Å². The maximum absolute atomic E-state index is 15.2. The van der Waals surface area contributed by atoms with E-state index < -0.39 is 18.0 Å². The van der Waals surface area contributed by atoms with Gasteiger partial charge in [0.15, 0.2) is 0 Å². The summed E-state index contributed by atoms with van der Waals surface area (Å²) in [5.41, 5.74) is 2.77. The van der Waals surface area contributed by atoms with Gasteiger partial charge < -0.3 is 24.6 Å². The number of thioether (sulfide) groups is 1. The Hall–Kier alpha value is -3.84. The Bertz CT molecular complexity index is 1330. The highest BCUT2D eigenvalue weighted by molar-refractivity contribution is 8.18. The fraction of sp³-hybridized carbons (Fsp3) is 0.308.